The summed E-state index contributed by atoms with van der Waals surface area (Å²) in [6.07, 6.45) is 0. The summed E-state index contributed by atoms with van der Waals surface area (Å²) < 4.78 is 20.0. The average molecular weight is 557 g/mol. The Bertz CT molecular complexity index is 1730. The van der Waals surface area contributed by atoms with Gasteiger partial charge in [0.15, 0.2) is 0 Å². The van der Waals surface area contributed by atoms with E-state index >= 15 is 0 Å². The first kappa shape index (κ1) is 24.3. The van der Waals surface area contributed by atoms with Crippen molar-refractivity contribution < 1.29 is 10.6 Å². The van der Waals surface area contributed by atoms with Crippen LogP contribution < -0.4 is 10.6 Å². The van der Waals surface area contributed by atoms with Crippen LogP contribution in [0.1, 0.15) is 22.5 Å². The molecular weight excluding hydrogens is 530 g/mol. The van der Waals surface area contributed by atoms with Crippen LogP contribution in [0, 0.1) is 27.7 Å². The van der Waals surface area contributed by atoms with Crippen LogP contribution in [0.3, 0.4) is 0 Å². The fraction of sp³-hybridized carbons (Fsp3) is 0.125. The van der Waals surface area contributed by atoms with E-state index in [4.69, 9.17) is 20.6 Å². The van der Waals surface area contributed by atoms with E-state index in [1.54, 1.807) is 0 Å². The van der Waals surface area contributed by atoms with E-state index in [1.165, 1.54) is 5.39 Å². The third kappa shape index (κ3) is 4.69. The molecular formula is C32H27GaN2O3. The molecule has 0 saturated carbocycles. The van der Waals surface area contributed by atoms with Crippen LogP contribution in [-0.2, 0) is 0 Å². The number of hydrogen-bond donors (Lipinski definition) is 0. The van der Waals surface area contributed by atoms with Crippen molar-refractivity contribution >= 4 is 49.9 Å². The minimum atomic E-state index is -3.50. The number of aromatic nitrogens is 2. The molecule has 0 saturated heterocycles. The molecule has 38 heavy (non-hydrogen) atoms. The van der Waals surface area contributed by atoms with E-state index in [9.17, 15) is 0 Å². The molecule has 2 heterocycles. The Balaban J connectivity index is 1.45. The summed E-state index contributed by atoms with van der Waals surface area (Å²) in [5, 5.41) is 4.35. The van der Waals surface area contributed by atoms with Gasteiger partial charge in [-0.1, -0.05) is 0 Å². The van der Waals surface area contributed by atoms with Gasteiger partial charge in [-0.15, -0.1) is 0 Å². The van der Waals surface area contributed by atoms with Crippen LogP contribution in [0.25, 0.3) is 32.6 Å². The van der Waals surface area contributed by atoms with Gasteiger partial charge in [-0.3, -0.25) is 0 Å². The topological polar surface area (TPSA) is 53.5 Å². The fourth-order valence-electron chi connectivity index (χ4n) is 4.86. The van der Waals surface area contributed by atoms with Crippen molar-refractivity contribution in [1.82, 2.24) is 9.97 Å². The summed E-state index contributed by atoms with van der Waals surface area (Å²) >= 11 is -3.50. The zero-order valence-electron chi connectivity index (χ0n) is 21.9. The molecule has 0 aliphatic carbocycles. The van der Waals surface area contributed by atoms with Gasteiger partial charge >= 0.3 is 229 Å². The summed E-state index contributed by atoms with van der Waals surface area (Å²) in [5.74, 6) is 2.13. The molecule has 0 atom stereocenters. The van der Waals surface area contributed by atoms with Gasteiger partial charge in [0.05, 0.1) is 0 Å². The second-order valence-electron chi connectivity index (χ2n) is 9.57. The standard InChI is InChI=1S/C12H12O.2C10H9NO.Ga/c1-8-7-10-5-3-4-6-11(10)9(2)12(8)13;2*1-7-5-6-8-3-2-4-9(12)10(8)11-7;/h3-7,13H,1-2H3;2*2-6,12H,1H3;/q;;;+3/p-3. The van der Waals surface area contributed by atoms with Crippen LogP contribution in [0.5, 0.6) is 17.2 Å². The van der Waals surface area contributed by atoms with Crippen molar-refractivity contribution in [2.45, 2.75) is 27.7 Å². The summed E-state index contributed by atoms with van der Waals surface area (Å²) in [7, 11) is 0. The Kier molecular flexibility index (Phi) is 6.43. The van der Waals surface area contributed by atoms with E-state index in [-0.39, 0.29) is 0 Å². The maximum atomic E-state index is 6.74. The predicted octanol–water partition coefficient (Wildman–Crippen LogP) is 7.69. The number of pyridine rings is 2. The Morgan fingerprint density at radius 3 is 1.71 bits per heavy atom. The van der Waals surface area contributed by atoms with Crippen LogP contribution in [0.2, 0.25) is 0 Å². The molecule has 0 amide bonds. The average Bonchev–Trinajstić information content (AvgIpc) is 2.91. The number of aryl methyl sites for hydroxylation is 4. The molecule has 0 aliphatic rings. The number of fused-ring (bicyclic) bond motifs is 3. The molecule has 0 fully saturated rings. The van der Waals surface area contributed by atoms with Crippen molar-refractivity contribution in [2.24, 2.45) is 0 Å². The maximum absolute atomic E-state index is 6.74. The molecule has 0 spiro atoms. The first-order chi connectivity index (χ1) is 18.5. The SMILES string of the molecule is Cc1ccc2cccc([O][Ga]([O]c3c(C)cc4ccccc4c3C)[O]c3cccc4ccc(C)nc34)c2n1. The van der Waals surface area contributed by atoms with Crippen molar-refractivity contribution in [2.75, 3.05) is 0 Å². The summed E-state index contributed by atoms with van der Waals surface area (Å²) in [5.41, 5.74) is 5.57. The van der Waals surface area contributed by atoms with E-state index < -0.39 is 17.3 Å². The molecule has 0 unspecified atom stereocenters. The number of benzene rings is 4. The van der Waals surface area contributed by atoms with E-state index in [2.05, 4.69) is 56.3 Å². The zero-order chi connectivity index (χ0) is 26.2. The van der Waals surface area contributed by atoms with Crippen LogP contribution >= 0.6 is 0 Å². The summed E-state index contributed by atoms with van der Waals surface area (Å²) in [4.78, 5) is 9.52. The molecule has 4 aromatic carbocycles. The van der Waals surface area contributed by atoms with Crippen molar-refractivity contribution in [3.8, 4) is 17.2 Å². The zero-order valence-corrected chi connectivity index (χ0v) is 24.3. The third-order valence-electron chi connectivity index (χ3n) is 6.74. The molecule has 0 bridgehead atoms. The van der Waals surface area contributed by atoms with Gasteiger partial charge in [-0.05, 0) is 0 Å². The molecule has 2 aromatic heterocycles. The number of rotatable bonds is 6. The van der Waals surface area contributed by atoms with Crippen LogP contribution in [0.15, 0.2) is 91.0 Å². The first-order valence-corrected chi connectivity index (χ1v) is 15.6. The van der Waals surface area contributed by atoms with Gasteiger partial charge in [0.25, 0.3) is 0 Å². The molecule has 0 radical (unpaired) electrons. The van der Waals surface area contributed by atoms with Crippen molar-refractivity contribution in [1.29, 1.82) is 0 Å². The number of hydrogen-bond acceptors (Lipinski definition) is 5. The summed E-state index contributed by atoms with van der Waals surface area (Å²) in [6.45, 7) is 8.12. The Labute approximate surface area is 228 Å². The molecule has 5 nitrogen and oxygen atoms in total. The molecule has 6 heteroatoms. The van der Waals surface area contributed by atoms with Gasteiger partial charge < -0.3 is 0 Å². The Hall–Kier alpha value is -4.00. The van der Waals surface area contributed by atoms with Crippen LogP contribution in [-0.4, -0.2) is 27.3 Å². The molecule has 6 aromatic rings. The third-order valence-corrected chi connectivity index (χ3v) is 9.51. The van der Waals surface area contributed by atoms with Crippen molar-refractivity contribution in [3.63, 3.8) is 0 Å². The van der Waals surface area contributed by atoms with Crippen molar-refractivity contribution in [3.05, 3.63) is 114 Å². The molecule has 0 N–H and O–H groups in total. The van der Waals surface area contributed by atoms with Gasteiger partial charge in [-0.2, -0.15) is 0 Å². The normalized spacial score (nSPS) is 11.2. The Morgan fingerprint density at radius 2 is 1.11 bits per heavy atom. The minimum absolute atomic E-state index is 0.664. The Morgan fingerprint density at radius 1 is 0.553 bits per heavy atom. The second kappa shape index (κ2) is 10.0. The van der Waals surface area contributed by atoms with E-state index in [0.717, 1.165) is 55.5 Å². The van der Waals surface area contributed by atoms with E-state index in [1.807, 2.05) is 62.4 Å². The van der Waals surface area contributed by atoms with Gasteiger partial charge in [0.1, 0.15) is 0 Å². The quantitative estimate of drug-likeness (QED) is 0.197. The molecule has 0 aliphatic heterocycles. The van der Waals surface area contributed by atoms with Gasteiger partial charge in [-0.25, -0.2) is 0 Å². The number of para-hydroxylation sites is 2. The monoisotopic (exact) mass is 556 g/mol. The molecule has 6 rings (SSSR count). The predicted molar refractivity (Wildman–Crippen MR) is 154 cm³/mol. The fourth-order valence-corrected chi connectivity index (χ4v) is 8.00. The number of nitrogens with zero attached hydrogens (tertiary/aromatic N) is 2. The van der Waals surface area contributed by atoms with Gasteiger partial charge in [0, 0.05) is 0 Å². The van der Waals surface area contributed by atoms with Crippen LogP contribution in [0.4, 0.5) is 0 Å². The summed E-state index contributed by atoms with van der Waals surface area (Å²) in [6, 6.07) is 30.5. The van der Waals surface area contributed by atoms with Gasteiger partial charge in [0.2, 0.25) is 0 Å². The first-order valence-electron chi connectivity index (χ1n) is 12.7. The van der Waals surface area contributed by atoms with E-state index in [0.29, 0.717) is 11.5 Å². The molecule has 186 valence electrons. The second-order valence-corrected chi connectivity index (χ2v) is 12.3.